The number of pyridine rings is 1. The van der Waals surface area contributed by atoms with Crippen molar-refractivity contribution in [2.75, 3.05) is 51.4 Å². The predicted molar refractivity (Wildman–Crippen MR) is 147 cm³/mol. The molecule has 6 N–H and O–H groups in total. The molecule has 2 aliphatic heterocycles. The molecule has 2 aliphatic rings. The van der Waals surface area contributed by atoms with E-state index in [1.807, 2.05) is 12.3 Å². The van der Waals surface area contributed by atoms with Crippen LogP contribution in [0.15, 0.2) is 18.5 Å². The lowest BCUT2D eigenvalue weighted by molar-refractivity contribution is 0.105. The monoisotopic (exact) mass is 527 g/mol. The van der Waals surface area contributed by atoms with Crippen LogP contribution in [0, 0.1) is 0 Å². The topological polar surface area (TPSA) is 165 Å². The number of ether oxygens (including phenoxy) is 1. The fourth-order valence-electron chi connectivity index (χ4n) is 5.40. The van der Waals surface area contributed by atoms with Gasteiger partial charge in [-0.15, -0.1) is 0 Å². The third-order valence-corrected chi connectivity index (χ3v) is 7.29. The third-order valence-electron chi connectivity index (χ3n) is 7.29. The summed E-state index contributed by atoms with van der Waals surface area (Å²) >= 11 is 0. The molecule has 0 amide bonds. The number of aliphatic hydroxyl groups excluding tert-OH is 2. The minimum absolute atomic E-state index is 0.125. The molecule has 2 saturated heterocycles. The molecule has 3 aromatic heterocycles. The number of hydrogen-bond donors (Lipinski definition) is 4. The minimum atomic E-state index is 0.125. The van der Waals surface area contributed by atoms with E-state index in [0.717, 1.165) is 43.9 Å². The number of anilines is 2. The van der Waals surface area contributed by atoms with Gasteiger partial charge in [0.1, 0.15) is 22.5 Å². The maximum absolute atomic E-state index is 9.21. The second-order valence-electron chi connectivity index (χ2n) is 9.97. The Bertz CT molecular complexity index is 1180. The molecule has 0 radical (unpaired) electrons. The third kappa shape index (κ3) is 6.49. The molecule has 0 spiro atoms. The molecule has 1 unspecified atom stereocenters. The fourth-order valence-corrected chi connectivity index (χ4v) is 5.40. The van der Waals surface area contributed by atoms with Crippen LogP contribution in [0.1, 0.15) is 50.3 Å². The summed E-state index contributed by atoms with van der Waals surface area (Å²) < 4.78 is 7.34. The quantitative estimate of drug-likeness (QED) is 0.265. The Labute approximate surface area is 223 Å². The second-order valence-corrected chi connectivity index (χ2v) is 9.97. The van der Waals surface area contributed by atoms with E-state index in [0.29, 0.717) is 42.0 Å². The van der Waals surface area contributed by atoms with Gasteiger partial charge in [0, 0.05) is 51.1 Å². The van der Waals surface area contributed by atoms with Gasteiger partial charge in [-0.05, 0) is 24.5 Å². The number of methoxy groups -OCH3 is 1. The van der Waals surface area contributed by atoms with Gasteiger partial charge in [-0.25, -0.2) is 4.98 Å². The fraction of sp³-hybridized carbons (Fsp3) is 0.615. The largest absolute Gasteiger partial charge is 0.495 e. The predicted octanol–water partition coefficient (Wildman–Crippen LogP) is 1.25. The second kappa shape index (κ2) is 13.1. The Morgan fingerprint density at radius 2 is 1.79 bits per heavy atom. The molecule has 12 heteroatoms. The lowest BCUT2D eigenvalue weighted by Gasteiger charge is -2.33. The lowest BCUT2D eigenvalue weighted by Crippen LogP contribution is -2.46. The first kappa shape index (κ1) is 28.0. The number of piperazine rings is 1. The first-order valence-corrected chi connectivity index (χ1v) is 13.4. The molecule has 5 heterocycles. The zero-order chi connectivity index (χ0) is 27.1. The van der Waals surface area contributed by atoms with E-state index >= 15 is 0 Å². The number of β-amino-alcohol motifs (C(OH)–C–C–N with tert-alkyl or cyclic N) is 1. The summed E-state index contributed by atoms with van der Waals surface area (Å²) in [6.45, 7) is 6.78. The van der Waals surface area contributed by atoms with Crippen LogP contribution in [-0.4, -0.2) is 96.8 Å². The lowest BCUT2D eigenvalue weighted by atomic mass is 10.2. The minimum Gasteiger partial charge on any atom is -0.495 e. The number of nitrogens with zero attached hydrogens (tertiary/aromatic N) is 7. The van der Waals surface area contributed by atoms with Crippen LogP contribution in [0.4, 0.5) is 11.8 Å². The number of nitrogens with two attached hydrogens (primary N) is 2. The van der Waals surface area contributed by atoms with Crippen molar-refractivity contribution in [3.05, 3.63) is 29.7 Å². The van der Waals surface area contributed by atoms with Gasteiger partial charge in [-0.1, -0.05) is 26.2 Å². The highest BCUT2D eigenvalue weighted by atomic mass is 16.5. The standard InChI is InChI=1S/C20H27N9O2.C6H14O/c1-31-17-4-12(8-28-10-13-5-14(28)9-27(13)2-3-30)6-23-16(17)11-29-18-15(7-24-29)25-20(22)26-19(18)21;1-2-3-4-5-6-7/h4,6-7,13-14,30H,2-3,5,8-11H2,1H3,(H4,21,22,25,26);7H,2-6H2,1H3/t13?,14-;/m1./s1. The van der Waals surface area contributed by atoms with Crippen molar-refractivity contribution >= 4 is 22.8 Å². The molecular weight excluding hydrogens is 486 g/mol. The summed E-state index contributed by atoms with van der Waals surface area (Å²) in [5, 5.41) is 21.9. The Morgan fingerprint density at radius 3 is 2.47 bits per heavy atom. The maximum atomic E-state index is 9.21. The van der Waals surface area contributed by atoms with Crippen molar-refractivity contribution in [3.63, 3.8) is 0 Å². The zero-order valence-electron chi connectivity index (χ0n) is 22.5. The number of aromatic nitrogens is 5. The summed E-state index contributed by atoms with van der Waals surface area (Å²) in [7, 11) is 1.65. The molecule has 2 atom stereocenters. The van der Waals surface area contributed by atoms with Crippen LogP contribution in [0.2, 0.25) is 0 Å². The van der Waals surface area contributed by atoms with Crippen LogP contribution >= 0.6 is 0 Å². The first-order chi connectivity index (χ1) is 18.5. The van der Waals surface area contributed by atoms with Crippen molar-refractivity contribution in [2.24, 2.45) is 0 Å². The van der Waals surface area contributed by atoms with Gasteiger partial charge < -0.3 is 26.4 Å². The van der Waals surface area contributed by atoms with Crippen LogP contribution in [0.3, 0.4) is 0 Å². The van der Waals surface area contributed by atoms with Crippen LogP contribution in [-0.2, 0) is 13.1 Å². The van der Waals surface area contributed by atoms with E-state index in [4.69, 9.17) is 21.3 Å². The van der Waals surface area contributed by atoms with E-state index in [-0.39, 0.29) is 18.4 Å². The van der Waals surface area contributed by atoms with Gasteiger partial charge in [0.05, 0.1) is 26.5 Å². The molecule has 38 heavy (non-hydrogen) atoms. The average molecular weight is 528 g/mol. The average Bonchev–Trinajstić information content (AvgIpc) is 3.60. The van der Waals surface area contributed by atoms with Crippen LogP contribution < -0.4 is 16.2 Å². The number of unbranched alkanes of at least 4 members (excludes halogenated alkanes) is 3. The van der Waals surface area contributed by atoms with Gasteiger partial charge in [-0.2, -0.15) is 10.1 Å². The van der Waals surface area contributed by atoms with Crippen molar-refractivity contribution in [1.29, 1.82) is 0 Å². The van der Waals surface area contributed by atoms with Gasteiger partial charge in [0.25, 0.3) is 0 Å². The molecule has 208 valence electrons. The van der Waals surface area contributed by atoms with Gasteiger partial charge >= 0.3 is 0 Å². The molecule has 2 fully saturated rings. The Hall–Kier alpha value is -3.06. The molecule has 5 rings (SSSR count). The van der Waals surface area contributed by atoms with E-state index in [1.165, 1.54) is 25.7 Å². The number of hydrogen-bond acceptors (Lipinski definition) is 11. The molecule has 0 aliphatic carbocycles. The van der Waals surface area contributed by atoms with Gasteiger partial charge in [0.2, 0.25) is 5.95 Å². The van der Waals surface area contributed by atoms with E-state index in [1.54, 1.807) is 18.0 Å². The number of nitrogen functional groups attached to an aromatic ring is 2. The Morgan fingerprint density at radius 1 is 1.00 bits per heavy atom. The van der Waals surface area contributed by atoms with Crippen LogP contribution in [0.5, 0.6) is 5.75 Å². The first-order valence-electron chi connectivity index (χ1n) is 13.4. The molecule has 2 bridgehead atoms. The number of likely N-dealkylation sites (tertiary alicyclic amines) is 2. The molecule has 0 saturated carbocycles. The van der Waals surface area contributed by atoms with E-state index in [2.05, 4.69) is 36.8 Å². The van der Waals surface area contributed by atoms with E-state index in [9.17, 15) is 5.11 Å². The van der Waals surface area contributed by atoms with Crippen molar-refractivity contribution in [2.45, 2.75) is 64.2 Å². The molecule has 3 aromatic rings. The molecular formula is C26H41N9O3. The van der Waals surface area contributed by atoms with Gasteiger partial charge in [0.15, 0.2) is 5.82 Å². The Kier molecular flexibility index (Phi) is 9.67. The maximum Gasteiger partial charge on any atom is 0.222 e. The highest BCUT2D eigenvalue weighted by Gasteiger charge is 2.42. The highest BCUT2D eigenvalue weighted by molar-refractivity contribution is 5.85. The normalized spacial score (nSPS) is 19.2. The van der Waals surface area contributed by atoms with Crippen molar-refractivity contribution in [1.82, 2.24) is 34.5 Å². The molecule has 12 nitrogen and oxygen atoms in total. The van der Waals surface area contributed by atoms with Crippen molar-refractivity contribution < 1.29 is 14.9 Å². The number of aliphatic hydroxyl groups is 2. The summed E-state index contributed by atoms with van der Waals surface area (Å²) in [6, 6.07) is 3.12. The summed E-state index contributed by atoms with van der Waals surface area (Å²) in [4.78, 5) is 17.8. The highest BCUT2D eigenvalue weighted by Crippen LogP contribution is 2.32. The van der Waals surface area contributed by atoms with Gasteiger partial charge in [-0.3, -0.25) is 19.5 Å². The van der Waals surface area contributed by atoms with Crippen LogP contribution in [0.25, 0.3) is 11.0 Å². The molecule has 0 aromatic carbocycles. The summed E-state index contributed by atoms with van der Waals surface area (Å²) in [5.74, 6) is 1.12. The number of fused-ring (bicyclic) bond motifs is 3. The summed E-state index contributed by atoms with van der Waals surface area (Å²) in [5.41, 5.74) is 14.8. The van der Waals surface area contributed by atoms with E-state index < -0.39 is 0 Å². The zero-order valence-corrected chi connectivity index (χ0v) is 22.5. The SMILES string of the molecule is CCCCCCO.COc1cc(CN2CC3C[C@@H]2CN3CCO)cnc1Cn1ncc2nc(N)nc(N)c21. The Balaban J connectivity index is 0.000000426. The summed E-state index contributed by atoms with van der Waals surface area (Å²) in [6.07, 6.45) is 9.37. The smallest absolute Gasteiger partial charge is 0.222 e. The number of rotatable bonds is 11. The van der Waals surface area contributed by atoms with Crippen molar-refractivity contribution in [3.8, 4) is 5.75 Å².